The van der Waals surface area contributed by atoms with E-state index in [2.05, 4.69) is 17.2 Å². The maximum Gasteiger partial charge on any atom is 0.223 e. The highest BCUT2D eigenvalue weighted by molar-refractivity contribution is 7.11. The molecule has 1 aromatic heterocycles. The van der Waals surface area contributed by atoms with Gasteiger partial charge in [0, 0.05) is 36.9 Å². The Hall–Kier alpha value is -0.980. The summed E-state index contributed by atoms with van der Waals surface area (Å²) in [5.74, 6) is 0.135. The van der Waals surface area contributed by atoms with Gasteiger partial charge >= 0.3 is 0 Å². The predicted octanol–water partition coefficient (Wildman–Crippen LogP) is 1.56. The van der Waals surface area contributed by atoms with Crippen LogP contribution in [0, 0.1) is 19.8 Å². The molecule has 1 aromatic rings. The summed E-state index contributed by atoms with van der Waals surface area (Å²) >= 11 is 1.71. The number of carbonyl (C=O) groups excluding carboxylic acids is 1. The molecular weight excluding hydrogens is 286 g/mol. The first-order chi connectivity index (χ1) is 10.0. The van der Waals surface area contributed by atoms with E-state index < -0.39 is 0 Å². The van der Waals surface area contributed by atoms with Gasteiger partial charge in [-0.15, -0.1) is 11.3 Å². The lowest BCUT2D eigenvalue weighted by Gasteiger charge is -2.32. The number of methoxy groups -OCH3 is 1. The van der Waals surface area contributed by atoms with E-state index in [1.54, 1.807) is 18.4 Å². The van der Waals surface area contributed by atoms with Gasteiger partial charge in [0.2, 0.25) is 5.91 Å². The lowest BCUT2D eigenvalue weighted by atomic mass is 9.83. The van der Waals surface area contributed by atoms with Gasteiger partial charge in [-0.05, 0) is 33.1 Å². The van der Waals surface area contributed by atoms with Crippen LogP contribution < -0.4 is 11.1 Å². The first-order valence-electron chi connectivity index (χ1n) is 7.50. The van der Waals surface area contributed by atoms with Crippen molar-refractivity contribution in [3.63, 3.8) is 0 Å². The fraction of sp³-hybridized carbons (Fsp3) is 0.733. The van der Waals surface area contributed by atoms with Gasteiger partial charge in [0.1, 0.15) is 0 Å². The van der Waals surface area contributed by atoms with Crippen molar-refractivity contribution in [3.8, 4) is 0 Å². The molecule has 0 bridgehead atoms. The SMILES string of the molecule is CO[C@@H]1CC[C@H](C(=O)NCCc2nc(C)c(C)s2)C[C@H]1N. The van der Waals surface area contributed by atoms with Crippen molar-refractivity contribution in [1.82, 2.24) is 10.3 Å². The smallest absolute Gasteiger partial charge is 0.223 e. The van der Waals surface area contributed by atoms with Crippen molar-refractivity contribution in [2.75, 3.05) is 13.7 Å². The Morgan fingerprint density at radius 2 is 2.24 bits per heavy atom. The van der Waals surface area contributed by atoms with Crippen LogP contribution >= 0.6 is 11.3 Å². The quantitative estimate of drug-likeness (QED) is 0.865. The molecular formula is C15H25N3O2S. The van der Waals surface area contributed by atoms with Gasteiger partial charge in [-0.3, -0.25) is 4.79 Å². The van der Waals surface area contributed by atoms with E-state index in [4.69, 9.17) is 10.5 Å². The molecule has 0 saturated heterocycles. The van der Waals surface area contributed by atoms with E-state index in [-0.39, 0.29) is 24.0 Å². The van der Waals surface area contributed by atoms with Crippen LogP contribution in [0.5, 0.6) is 0 Å². The Morgan fingerprint density at radius 1 is 1.48 bits per heavy atom. The Bertz CT molecular complexity index is 470. The van der Waals surface area contributed by atoms with Gasteiger partial charge in [-0.2, -0.15) is 0 Å². The molecule has 0 radical (unpaired) electrons. The van der Waals surface area contributed by atoms with Crippen LogP contribution in [-0.2, 0) is 16.0 Å². The van der Waals surface area contributed by atoms with Gasteiger partial charge in [0.05, 0.1) is 16.8 Å². The van der Waals surface area contributed by atoms with Crippen molar-refractivity contribution in [2.45, 2.75) is 51.7 Å². The minimum Gasteiger partial charge on any atom is -0.380 e. The third kappa shape index (κ3) is 4.25. The van der Waals surface area contributed by atoms with E-state index in [0.717, 1.165) is 30.0 Å². The van der Waals surface area contributed by atoms with E-state index in [9.17, 15) is 4.79 Å². The predicted molar refractivity (Wildman–Crippen MR) is 84.4 cm³/mol. The number of amides is 1. The average molecular weight is 311 g/mol. The number of nitrogens with one attached hydrogen (secondary N) is 1. The van der Waals surface area contributed by atoms with Crippen LogP contribution in [0.3, 0.4) is 0 Å². The van der Waals surface area contributed by atoms with Crippen LogP contribution in [0.4, 0.5) is 0 Å². The van der Waals surface area contributed by atoms with Crippen molar-refractivity contribution in [1.29, 1.82) is 0 Å². The van der Waals surface area contributed by atoms with Crippen LogP contribution in [0.25, 0.3) is 0 Å². The molecule has 1 heterocycles. The lowest BCUT2D eigenvalue weighted by Crippen LogP contribution is -2.45. The summed E-state index contributed by atoms with van der Waals surface area (Å²) in [6, 6.07) is -0.0382. The topological polar surface area (TPSA) is 77.2 Å². The number of hydrogen-bond donors (Lipinski definition) is 2. The van der Waals surface area contributed by atoms with Crippen LogP contribution in [-0.4, -0.2) is 36.7 Å². The Balaban J connectivity index is 1.75. The molecule has 21 heavy (non-hydrogen) atoms. The molecule has 1 amide bonds. The fourth-order valence-electron chi connectivity index (χ4n) is 2.79. The molecule has 5 nitrogen and oxygen atoms in total. The molecule has 1 aliphatic rings. The zero-order chi connectivity index (χ0) is 15.4. The Labute approximate surface area is 130 Å². The number of carbonyl (C=O) groups is 1. The highest BCUT2D eigenvalue weighted by Crippen LogP contribution is 2.25. The fourth-order valence-corrected chi connectivity index (χ4v) is 3.73. The van der Waals surface area contributed by atoms with Gasteiger partial charge < -0.3 is 15.8 Å². The standard InChI is InChI=1S/C15H25N3O2S/c1-9-10(2)21-14(18-9)6-7-17-15(19)11-4-5-13(20-3)12(16)8-11/h11-13H,4-8,16H2,1-3H3,(H,17,19)/t11-,12+,13+/m0/s1. The van der Waals surface area contributed by atoms with Crippen LogP contribution in [0.2, 0.25) is 0 Å². The molecule has 1 aliphatic carbocycles. The van der Waals surface area contributed by atoms with Crippen molar-refractivity contribution < 1.29 is 9.53 Å². The first-order valence-corrected chi connectivity index (χ1v) is 8.32. The minimum absolute atomic E-state index is 0.0196. The van der Waals surface area contributed by atoms with E-state index in [1.807, 2.05) is 6.92 Å². The molecule has 1 saturated carbocycles. The van der Waals surface area contributed by atoms with E-state index in [0.29, 0.717) is 13.0 Å². The summed E-state index contributed by atoms with van der Waals surface area (Å²) < 4.78 is 5.32. The number of rotatable bonds is 5. The second-order valence-electron chi connectivity index (χ2n) is 5.74. The van der Waals surface area contributed by atoms with Crippen LogP contribution in [0.1, 0.15) is 34.8 Å². The number of nitrogens with zero attached hydrogens (tertiary/aromatic N) is 1. The summed E-state index contributed by atoms with van der Waals surface area (Å²) in [5, 5.41) is 4.10. The Kier molecular flexibility index (Phi) is 5.72. The summed E-state index contributed by atoms with van der Waals surface area (Å²) in [6.07, 6.45) is 3.31. The van der Waals surface area contributed by atoms with E-state index in [1.165, 1.54) is 4.88 Å². The molecule has 6 heteroatoms. The Morgan fingerprint density at radius 3 is 2.81 bits per heavy atom. The highest BCUT2D eigenvalue weighted by atomic mass is 32.1. The number of thiazole rings is 1. The molecule has 118 valence electrons. The molecule has 0 aliphatic heterocycles. The molecule has 1 fully saturated rings. The third-order valence-electron chi connectivity index (χ3n) is 4.22. The second kappa shape index (κ2) is 7.33. The monoisotopic (exact) mass is 311 g/mol. The zero-order valence-corrected chi connectivity index (χ0v) is 13.8. The lowest BCUT2D eigenvalue weighted by molar-refractivity contribution is -0.127. The number of aromatic nitrogens is 1. The molecule has 0 aromatic carbocycles. The maximum atomic E-state index is 12.2. The van der Waals surface area contributed by atoms with Gasteiger partial charge in [0.15, 0.2) is 0 Å². The van der Waals surface area contributed by atoms with E-state index >= 15 is 0 Å². The molecule has 2 rings (SSSR count). The van der Waals surface area contributed by atoms with Crippen molar-refractivity contribution in [2.24, 2.45) is 11.7 Å². The van der Waals surface area contributed by atoms with Crippen molar-refractivity contribution in [3.05, 3.63) is 15.6 Å². The van der Waals surface area contributed by atoms with Gasteiger partial charge in [-0.1, -0.05) is 0 Å². The minimum atomic E-state index is -0.0382. The summed E-state index contributed by atoms with van der Waals surface area (Å²) in [4.78, 5) is 17.9. The third-order valence-corrected chi connectivity index (χ3v) is 5.35. The van der Waals surface area contributed by atoms with Crippen LogP contribution in [0.15, 0.2) is 0 Å². The summed E-state index contributed by atoms with van der Waals surface area (Å²) in [6.45, 7) is 4.74. The average Bonchev–Trinajstić information content (AvgIpc) is 2.77. The number of hydrogen-bond acceptors (Lipinski definition) is 5. The first kappa shape index (κ1) is 16.4. The van der Waals surface area contributed by atoms with Gasteiger partial charge in [0.25, 0.3) is 0 Å². The number of aryl methyl sites for hydroxylation is 2. The molecule has 3 N–H and O–H groups in total. The zero-order valence-electron chi connectivity index (χ0n) is 13.0. The second-order valence-corrected chi connectivity index (χ2v) is 7.03. The summed E-state index contributed by atoms with van der Waals surface area (Å²) in [7, 11) is 1.68. The normalized spacial score (nSPS) is 25.8. The molecule has 3 atom stereocenters. The highest BCUT2D eigenvalue weighted by Gasteiger charge is 2.31. The molecule has 0 unspecified atom stereocenters. The number of ether oxygens (including phenoxy) is 1. The summed E-state index contributed by atoms with van der Waals surface area (Å²) in [5.41, 5.74) is 7.13. The molecule has 0 spiro atoms. The maximum absolute atomic E-state index is 12.2. The number of nitrogens with two attached hydrogens (primary N) is 1. The van der Waals surface area contributed by atoms with Gasteiger partial charge in [-0.25, -0.2) is 4.98 Å². The van der Waals surface area contributed by atoms with Crippen molar-refractivity contribution >= 4 is 17.2 Å². The largest absolute Gasteiger partial charge is 0.380 e.